The molecule has 1 amide bonds. The van der Waals surface area contributed by atoms with Gasteiger partial charge in [-0.25, -0.2) is 12.8 Å². The van der Waals surface area contributed by atoms with E-state index >= 15 is 0 Å². The van der Waals surface area contributed by atoms with Gasteiger partial charge in [0.1, 0.15) is 5.82 Å². The van der Waals surface area contributed by atoms with E-state index in [0.717, 1.165) is 11.3 Å². The van der Waals surface area contributed by atoms with Crippen LogP contribution in [-0.2, 0) is 27.0 Å². The maximum Gasteiger partial charge on any atom is 0.237 e. The number of hydrogen-bond donors (Lipinski definition) is 1. The van der Waals surface area contributed by atoms with Gasteiger partial charge in [0.25, 0.3) is 0 Å². The number of anilines is 2. The summed E-state index contributed by atoms with van der Waals surface area (Å²) in [5.74, 6) is -0.562. The number of aryl methyl sites for hydroxylation is 1. The van der Waals surface area contributed by atoms with Gasteiger partial charge in [0.15, 0.2) is 0 Å². The highest BCUT2D eigenvalue weighted by Gasteiger charge is 2.25. The fourth-order valence-electron chi connectivity index (χ4n) is 3.22. The summed E-state index contributed by atoms with van der Waals surface area (Å²) in [5, 5.41) is 0. The molecule has 1 aliphatic heterocycles. The van der Waals surface area contributed by atoms with Crippen LogP contribution in [0.3, 0.4) is 0 Å². The molecule has 2 aromatic carbocycles. The molecule has 0 saturated heterocycles. The molecule has 0 atom stereocenters. The van der Waals surface area contributed by atoms with Gasteiger partial charge in [-0.1, -0.05) is 32.0 Å². The van der Waals surface area contributed by atoms with Gasteiger partial charge in [-0.15, -0.1) is 0 Å². The molecule has 7 heteroatoms. The Hall–Kier alpha value is -2.41. The van der Waals surface area contributed by atoms with Crippen LogP contribution < -0.4 is 9.62 Å². The van der Waals surface area contributed by atoms with Crippen LogP contribution in [0.25, 0.3) is 0 Å². The number of nitrogens with zero attached hydrogens (tertiary/aromatic N) is 1. The molecule has 144 valence electrons. The van der Waals surface area contributed by atoms with E-state index in [4.69, 9.17) is 0 Å². The molecular weight excluding hydrogens is 367 g/mol. The first-order valence-corrected chi connectivity index (χ1v) is 10.6. The molecule has 1 heterocycles. The molecule has 0 spiro atoms. The highest BCUT2D eigenvalue weighted by atomic mass is 32.2. The van der Waals surface area contributed by atoms with Crippen LogP contribution in [0.15, 0.2) is 42.5 Å². The summed E-state index contributed by atoms with van der Waals surface area (Å²) in [6.45, 7) is 4.73. The number of nitrogens with one attached hydrogen (secondary N) is 1. The molecule has 0 saturated carbocycles. The third-order valence-electron chi connectivity index (χ3n) is 4.40. The summed E-state index contributed by atoms with van der Waals surface area (Å²) in [5.41, 5.74) is 2.30. The van der Waals surface area contributed by atoms with Crippen molar-refractivity contribution in [2.24, 2.45) is 5.92 Å². The molecule has 0 aromatic heterocycles. The minimum absolute atomic E-state index is 0.0871. The zero-order valence-electron chi connectivity index (χ0n) is 15.4. The predicted octanol–water partition coefficient (Wildman–Crippen LogP) is 3.70. The normalized spacial score (nSPS) is 14.4. The van der Waals surface area contributed by atoms with E-state index in [1.54, 1.807) is 29.2 Å². The SMILES string of the molecule is CC(C)CN1C(=O)CCc2cc(NS(=O)(=O)Cc3ccccc3F)ccc21. The van der Waals surface area contributed by atoms with Gasteiger partial charge in [0.05, 0.1) is 5.75 Å². The minimum Gasteiger partial charge on any atom is -0.312 e. The molecular formula is C20H23FN2O3S. The molecule has 27 heavy (non-hydrogen) atoms. The lowest BCUT2D eigenvalue weighted by atomic mass is 9.99. The molecule has 2 aromatic rings. The monoisotopic (exact) mass is 390 g/mol. The number of carbonyl (C=O) groups excluding carboxylic acids is 1. The molecule has 0 fully saturated rings. The predicted molar refractivity (Wildman–Crippen MR) is 105 cm³/mol. The summed E-state index contributed by atoms with van der Waals surface area (Å²) in [6, 6.07) is 11.0. The fraction of sp³-hybridized carbons (Fsp3) is 0.350. The van der Waals surface area contributed by atoms with E-state index < -0.39 is 21.6 Å². The highest BCUT2D eigenvalue weighted by molar-refractivity contribution is 7.91. The van der Waals surface area contributed by atoms with Crippen molar-refractivity contribution in [1.29, 1.82) is 0 Å². The van der Waals surface area contributed by atoms with Gasteiger partial charge >= 0.3 is 0 Å². The smallest absolute Gasteiger partial charge is 0.237 e. The van der Waals surface area contributed by atoms with Crippen molar-refractivity contribution in [1.82, 2.24) is 0 Å². The van der Waals surface area contributed by atoms with E-state index in [1.807, 2.05) is 13.8 Å². The fourth-order valence-corrected chi connectivity index (χ4v) is 4.43. The number of hydrogen-bond acceptors (Lipinski definition) is 3. The number of halogens is 1. The minimum atomic E-state index is -3.75. The Labute approximate surface area is 159 Å². The largest absolute Gasteiger partial charge is 0.312 e. The van der Waals surface area contributed by atoms with Crippen LogP contribution in [-0.4, -0.2) is 20.9 Å². The molecule has 0 unspecified atom stereocenters. The second kappa shape index (κ2) is 7.68. The van der Waals surface area contributed by atoms with Crippen LogP contribution in [0, 0.1) is 11.7 Å². The van der Waals surface area contributed by atoms with Crippen molar-refractivity contribution < 1.29 is 17.6 Å². The second-order valence-corrected chi connectivity index (χ2v) is 8.92. The lowest BCUT2D eigenvalue weighted by Gasteiger charge is -2.31. The van der Waals surface area contributed by atoms with E-state index in [0.29, 0.717) is 31.0 Å². The molecule has 0 bridgehead atoms. The Morgan fingerprint density at radius 2 is 1.89 bits per heavy atom. The summed E-state index contributed by atoms with van der Waals surface area (Å²) in [7, 11) is -3.75. The summed E-state index contributed by atoms with van der Waals surface area (Å²) < 4.78 is 41.1. The van der Waals surface area contributed by atoms with Gasteiger partial charge in [-0.2, -0.15) is 0 Å². The number of benzene rings is 2. The Morgan fingerprint density at radius 1 is 1.15 bits per heavy atom. The maximum absolute atomic E-state index is 13.7. The molecule has 0 aliphatic carbocycles. The average Bonchev–Trinajstić information content (AvgIpc) is 2.59. The first kappa shape index (κ1) is 19.4. The number of amides is 1. The van der Waals surface area contributed by atoms with Crippen LogP contribution >= 0.6 is 0 Å². The van der Waals surface area contributed by atoms with Crippen molar-refractivity contribution in [3.05, 3.63) is 59.4 Å². The van der Waals surface area contributed by atoms with Gasteiger partial charge in [0.2, 0.25) is 15.9 Å². The molecule has 1 N–H and O–H groups in total. The van der Waals surface area contributed by atoms with E-state index in [2.05, 4.69) is 4.72 Å². The quantitative estimate of drug-likeness (QED) is 0.818. The van der Waals surface area contributed by atoms with Crippen LogP contribution in [0.2, 0.25) is 0 Å². The Morgan fingerprint density at radius 3 is 2.59 bits per heavy atom. The first-order valence-electron chi connectivity index (χ1n) is 8.92. The van der Waals surface area contributed by atoms with E-state index in [-0.39, 0.29) is 11.5 Å². The Kier molecular flexibility index (Phi) is 5.51. The number of fused-ring (bicyclic) bond motifs is 1. The number of rotatable bonds is 6. The summed E-state index contributed by atoms with van der Waals surface area (Å²) in [6.07, 6.45) is 0.983. The van der Waals surface area contributed by atoms with Crippen molar-refractivity contribution in [3.63, 3.8) is 0 Å². The van der Waals surface area contributed by atoms with Gasteiger partial charge in [-0.3, -0.25) is 9.52 Å². The molecule has 5 nitrogen and oxygen atoms in total. The third-order valence-corrected chi connectivity index (χ3v) is 5.64. The van der Waals surface area contributed by atoms with Crippen molar-refractivity contribution in [3.8, 4) is 0 Å². The molecule has 1 aliphatic rings. The third kappa shape index (κ3) is 4.66. The van der Waals surface area contributed by atoms with Crippen LogP contribution in [0.1, 0.15) is 31.4 Å². The van der Waals surface area contributed by atoms with Crippen LogP contribution in [0.5, 0.6) is 0 Å². The molecule has 0 radical (unpaired) electrons. The van der Waals surface area contributed by atoms with Crippen molar-refractivity contribution in [2.75, 3.05) is 16.2 Å². The van der Waals surface area contributed by atoms with Gasteiger partial charge in [0, 0.05) is 29.9 Å². The number of sulfonamides is 1. The summed E-state index contributed by atoms with van der Waals surface area (Å²) in [4.78, 5) is 14.0. The zero-order valence-corrected chi connectivity index (χ0v) is 16.2. The van der Waals surface area contributed by atoms with Crippen molar-refractivity contribution >= 4 is 27.3 Å². The van der Waals surface area contributed by atoms with E-state index in [9.17, 15) is 17.6 Å². The topological polar surface area (TPSA) is 66.5 Å². The lowest BCUT2D eigenvalue weighted by molar-refractivity contribution is -0.119. The van der Waals surface area contributed by atoms with Crippen LogP contribution in [0.4, 0.5) is 15.8 Å². The highest BCUT2D eigenvalue weighted by Crippen LogP contribution is 2.31. The van der Waals surface area contributed by atoms with E-state index in [1.165, 1.54) is 18.2 Å². The standard InChI is InChI=1S/C20H23FN2O3S/c1-14(2)12-23-19-9-8-17(11-15(19)7-10-20(23)24)22-27(25,26)13-16-5-3-4-6-18(16)21/h3-6,8-9,11,14,22H,7,10,12-13H2,1-2H3. The van der Waals surface area contributed by atoms with Gasteiger partial charge < -0.3 is 4.90 Å². The lowest BCUT2D eigenvalue weighted by Crippen LogP contribution is -2.37. The maximum atomic E-state index is 13.7. The molecule has 3 rings (SSSR count). The average molecular weight is 390 g/mol. The first-order chi connectivity index (χ1) is 12.7. The number of carbonyl (C=O) groups is 1. The zero-order chi connectivity index (χ0) is 19.6. The Balaban J connectivity index is 1.81. The second-order valence-electron chi connectivity index (χ2n) is 7.19. The Bertz CT molecular complexity index is 957. The summed E-state index contributed by atoms with van der Waals surface area (Å²) >= 11 is 0. The van der Waals surface area contributed by atoms with Gasteiger partial charge in [-0.05, 0) is 42.2 Å². The van der Waals surface area contributed by atoms with Crippen molar-refractivity contribution in [2.45, 2.75) is 32.4 Å².